The summed E-state index contributed by atoms with van der Waals surface area (Å²) in [5.74, 6) is 1.64. The molecule has 0 radical (unpaired) electrons. The van der Waals surface area contributed by atoms with Crippen LogP contribution in [0.15, 0.2) is 79.1 Å². The molecule has 0 aliphatic carbocycles. The highest BCUT2D eigenvalue weighted by Gasteiger charge is 2.27. The number of ether oxygens (including phenoxy) is 2. The van der Waals surface area contributed by atoms with Gasteiger partial charge >= 0.3 is 0 Å². The van der Waals surface area contributed by atoms with Crippen molar-refractivity contribution < 1.29 is 9.47 Å². The highest BCUT2D eigenvalue weighted by atomic mass is 35.5. The number of anilines is 1. The van der Waals surface area contributed by atoms with Crippen molar-refractivity contribution in [2.24, 2.45) is 0 Å². The average Bonchev–Trinajstić information content (AvgIpc) is 3.57. The number of likely N-dealkylation sites (tertiary alicyclic amines) is 1. The van der Waals surface area contributed by atoms with Gasteiger partial charge in [0, 0.05) is 67.5 Å². The second kappa shape index (κ2) is 17.1. The molecular weight excluding hydrogens is 699 g/mol. The highest BCUT2D eigenvalue weighted by molar-refractivity contribution is 5.86. The third-order valence-corrected chi connectivity index (χ3v) is 10.5. The lowest BCUT2D eigenvalue weighted by molar-refractivity contribution is 0.174. The predicted molar refractivity (Wildman–Crippen MR) is 217 cm³/mol. The summed E-state index contributed by atoms with van der Waals surface area (Å²) in [5, 5.41) is 0. The number of aryl methyl sites for hydroxylation is 4. The SMILES string of the molecule is Cc1cc(-c2cc(CN3CCC(N(Cc4ccnc(-c5cc(C)c(C)c(C)c5)c4)c4ccc5c(c4)OCO5)CC3)ccn2)cc(C)c1C.Cl.Cl.Cl. The second-order valence-electron chi connectivity index (χ2n) is 13.7. The van der Waals surface area contributed by atoms with Crippen molar-refractivity contribution in [2.45, 2.75) is 73.5 Å². The van der Waals surface area contributed by atoms with E-state index >= 15 is 0 Å². The first-order valence-corrected chi connectivity index (χ1v) is 17.2. The minimum absolute atomic E-state index is 0. The molecule has 0 atom stereocenters. The van der Waals surface area contributed by atoms with Crippen LogP contribution < -0.4 is 14.4 Å². The molecule has 2 aliphatic heterocycles. The van der Waals surface area contributed by atoms with Gasteiger partial charge in [-0.05, 0) is 160 Å². The Labute approximate surface area is 321 Å². The predicted octanol–water partition coefficient (Wildman–Crippen LogP) is 10.3. The largest absolute Gasteiger partial charge is 0.454 e. The van der Waals surface area contributed by atoms with E-state index in [4.69, 9.17) is 19.4 Å². The van der Waals surface area contributed by atoms with Crippen molar-refractivity contribution in [1.29, 1.82) is 0 Å². The van der Waals surface area contributed by atoms with Crippen LogP contribution in [0.5, 0.6) is 11.5 Å². The van der Waals surface area contributed by atoms with Gasteiger partial charge < -0.3 is 14.4 Å². The van der Waals surface area contributed by atoms with Crippen LogP contribution in [0.4, 0.5) is 5.69 Å². The maximum atomic E-state index is 5.81. The average molecular weight is 748 g/mol. The van der Waals surface area contributed by atoms with Gasteiger partial charge in [0.25, 0.3) is 0 Å². The Morgan fingerprint density at radius 3 is 1.71 bits per heavy atom. The summed E-state index contributed by atoms with van der Waals surface area (Å²) in [4.78, 5) is 14.7. The van der Waals surface area contributed by atoms with Gasteiger partial charge in [-0.2, -0.15) is 0 Å². The van der Waals surface area contributed by atoms with Crippen molar-refractivity contribution >= 4 is 42.9 Å². The third-order valence-electron chi connectivity index (χ3n) is 10.5. The Kier molecular flexibility index (Phi) is 13.4. The molecule has 0 N–H and O–H groups in total. The standard InChI is InChI=1S/C42H46N4O2.3ClH/c1-27-17-35(18-28(2)31(27)5)39-21-33(9-13-43-39)24-45-15-11-37(12-16-45)46(38-7-8-41-42(23-38)48-26-47-41)25-34-10-14-44-40(22-34)36-19-29(3)32(6)30(4)20-36;;;/h7-10,13-14,17-23,37H,11-12,15-16,24-26H2,1-6H3;3*1H. The fourth-order valence-electron chi connectivity index (χ4n) is 7.17. The molecule has 7 rings (SSSR count). The van der Waals surface area contributed by atoms with Crippen LogP contribution in [-0.4, -0.2) is 40.8 Å². The van der Waals surface area contributed by atoms with Gasteiger partial charge in [-0.25, -0.2) is 0 Å². The second-order valence-corrected chi connectivity index (χ2v) is 13.7. The van der Waals surface area contributed by atoms with Crippen molar-refractivity contribution in [1.82, 2.24) is 14.9 Å². The van der Waals surface area contributed by atoms with Crippen LogP contribution in [0.25, 0.3) is 22.5 Å². The zero-order valence-corrected chi connectivity index (χ0v) is 32.8. The maximum absolute atomic E-state index is 5.81. The zero-order chi connectivity index (χ0) is 33.4. The molecule has 4 heterocycles. The zero-order valence-electron chi connectivity index (χ0n) is 30.4. The Morgan fingerprint density at radius 2 is 1.14 bits per heavy atom. The van der Waals surface area contributed by atoms with Crippen LogP contribution >= 0.6 is 37.2 Å². The Balaban J connectivity index is 0.00000194. The van der Waals surface area contributed by atoms with Gasteiger partial charge in [0.1, 0.15) is 0 Å². The van der Waals surface area contributed by atoms with Gasteiger partial charge in [0.15, 0.2) is 11.5 Å². The fraction of sp³-hybridized carbons (Fsp3) is 0.333. The van der Waals surface area contributed by atoms with Crippen molar-refractivity contribution in [3.63, 3.8) is 0 Å². The lowest BCUT2D eigenvalue weighted by atomic mass is 9.97. The Bertz CT molecular complexity index is 1930. The summed E-state index contributed by atoms with van der Waals surface area (Å²) in [7, 11) is 0. The van der Waals surface area contributed by atoms with E-state index in [2.05, 4.69) is 112 Å². The monoisotopic (exact) mass is 746 g/mol. The van der Waals surface area contributed by atoms with Crippen LogP contribution in [0.2, 0.25) is 0 Å². The number of halogens is 3. The van der Waals surface area contributed by atoms with Crippen molar-refractivity contribution in [2.75, 3.05) is 24.8 Å². The van der Waals surface area contributed by atoms with Gasteiger partial charge in [-0.15, -0.1) is 37.2 Å². The number of pyridine rings is 2. The topological polar surface area (TPSA) is 50.7 Å². The smallest absolute Gasteiger partial charge is 0.231 e. The van der Waals surface area contributed by atoms with Gasteiger partial charge in [0.05, 0.1) is 11.4 Å². The molecule has 2 aliphatic rings. The first-order chi connectivity index (χ1) is 23.2. The number of hydrogen-bond acceptors (Lipinski definition) is 6. The van der Waals surface area contributed by atoms with E-state index in [1.54, 1.807) is 0 Å². The quantitative estimate of drug-likeness (QED) is 0.158. The molecule has 6 nitrogen and oxygen atoms in total. The highest BCUT2D eigenvalue weighted by Crippen LogP contribution is 2.38. The molecular formula is C42H49Cl3N4O2. The molecule has 9 heteroatoms. The summed E-state index contributed by atoms with van der Waals surface area (Å²) >= 11 is 0. The number of fused-ring (bicyclic) bond motifs is 1. The molecule has 1 fully saturated rings. The number of rotatable bonds is 8. The fourth-order valence-corrected chi connectivity index (χ4v) is 7.17. The Hall–Kier alpha value is -3.81. The molecule has 0 bridgehead atoms. The molecule has 51 heavy (non-hydrogen) atoms. The molecule has 0 unspecified atom stereocenters. The molecule has 1 saturated heterocycles. The van der Waals surface area contributed by atoms with E-state index in [9.17, 15) is 0 Å². The molecule has 270 valence electrons. The summed E-state index contributed by atoms with van der Waals surface area (Å²) in [6.07, 6.45) is 6.08. The number of nitrogens with zero attached hydrogens (tertiary/aromatic N) is 4. The molecule has 3 aromatic carbocycles. The number of hydrogen-bond donors (Lipinski definition) is 0. The Morgan fingerprint density at radius 1 is 0.627 bits per heavy atom. The summed E-state index contributed by atoms with van der Waals surface area (Å²) in [6.45, 7) is 17.2. The van der Waals surface area contributed by atoms with Crippen LogP contribution in [0.3, 0.4) is 0 Å². The van der Waals surface area contributed by atoms with Crippen molar-refractivity contribution in [3.8, 4) is 34.0 Å². The molecule has 5 aromatic rings. The first-order valence-electron chi connectivity index (χ1n) is 17.2. The minimum atomic E-state index is 0. The van der Waals surface area contributed by atoms with Crippen LogP contribution in [-0.2, 0) is 13.1 Å². The van der Waals surface area contributed by atoms with Gasteiger partial charge in [-0.1, -0.05) is 0 Å². The van der Waals surface area contributed by atoms with E-state index in [1.807, 2.05) is 18.5 Å². The van der Waals surface area contributed by atoms with E-state index in [0.717, 1.165) is 61.9 Å². The number of piperidine rings is 1. The lowest BCUT2D eigenvalue weighted by Gasteiger charge is -2.40. The van der Waals surface area contributed by atoms with E-state index in [0.29, 0.717) is 6.04 Å². The summed E-state index contributed by atoms with van der Waals surface area (Å²) in [5.41, 5.74) is 16.1. The molecule has 0 amide bonds. The van der Waals surface area contributed by atoms with Crippen molar-refractivity contribution in [3.05, 3.63) is 124 Å². The normalized spacial score (nSPS) is 13.9. The first kappa shape index (κ1) is 40.0. The van der Waals surface area contributed by atoms with Crippen LogP contribution in [0, 0.1) is 41.5 Å². The molecule has 0 spiro atoms. The summed E-state index contributed by atoms with van der Waals surface area (Å²) in [6, 6.07) is 24.7. The van der Waals surface area contributed by atoms with Gasteiger partial charge in [-0.3, -0.25) is 14.9 Å². The van der Waals surface area contributed by atoms with E-state index < -0.39 is 0 Å². The molecule has 0 saturated carbocycles. The van der Waals surface area contributed by atoms with Gasteiger partial charge in [0.2, 0.25) is 6.79 Å². The number of aromatic nitrogens is 2. The van der Waals surface area contributed by atoms with Crippen LogP contribution in [0.1, 0.15) is 57.3 Å². The molecule has 2 aromatic heterocycles. The summed E-state index contributed by atoms with van der Waals surface area (Å²) < 4.78 is 11.5. The van der Waals surface area contributed by atoms with E-state index in [1.165, 1.54) is 61.3 Å². The number of benzene rings is 3. The third kappa shape index (κ3) is 8.81. The maximum Gasteiger partial charge on any atom is 0.231 e. The lowest BCUT2D eigenvalue weighted by Crippen LogP contribution is -2.44. The van der Waals surface area contributed by atoms with E-state index in [-0.39, 0.29) is 44.0 Å². The minimum Gasteiger partial charge on any atom is -0.454 e.